The van der Waals surface area contributed by atoms with Gasteiger partial charge in [0, 0.05) is 13.1 Å². The fourth-order valence-electron chi connectivity index (χ4n) is 11.2. The second-order valence-corrected chi connectivity index (χ2v) is 18.6. The van der Waals surface area contributed by atoms with Gasteiger partial charge in [-0.25, -0.2) is 4.98 Å². The molecule has 64 heavy (non-hydrogen) atoms. The Labute approximate surface area is 379 Å². The number of aromatic amines is 1. The zero-order chi connectivity index (χ0) is 43.4. The molecule has 1 aromatic heterocycles. The van der Waals surface area contributed by atoms with Gasteiger partial charge in [0.05, 0.1) is 24.0 Å². The fraction of sp³-hybridized carbons (Fsp3) is 0.375. The summed E-state index contributed by atoms with van der Waals surface area (Å²) in [5.41, 5.74) is 11.4. The van der Waals surface area contributed by atoms with Crippen molar-refractivity contribution in [2.75, 3.05) is 39.3 Å². The molecule has 10 rings (SSSR count). The first kappa shape index (κ1) is 42.1. The average Bonchev–Trinajstić information content (AvgIpc) is 4.16. The Morgan fingerprint density at radius 2 is 0.969 bits per heavy atom. The number of piperidine rings is 2. The highest BCUT2D eigenvalue weighted by atomic mass is 16.2. The van der Waals surface area contributed by atoms with Crippen molar-refractivity contribution in [2.24, 2.45) is 0 Å². The number of aryl methyl sites for hydroxylation is 1. The lowest BCUT2D eigenvalue weighted by Crippen LogP contribution is -2.44. The Morgan fingerprint density at radius 3 is 1.48 bits per heavy atom. The topological polar surface area (TPSA) is 75.8 Å². The van der Waals surface area contributed by atoms with E-state index in [0.29, 0.717) is 0 Å². The van der Waals surface area contributed by atoms with Crippen LogP contribution in [0.5, 0.6) is 0 Å². The molecule has 0 bridgehead atoms. The van der Waals surface area contributed by atoms with Gasteiger partial charge in [0.25, 0.3) is 0 Å². The Hall–Kier alpha value is -5.83. The van der Waals surface area contributed by atoms with Crippen LogP contribution in [0.4, 0.5) is 0 Å². The van der Waals surface area contributed by atoms with Gasteiger partial charge in [-0.15, -0.1) is 0 Å². The fourth-order valence-corrected chi connectivity index (χ4v) is 11.2. The number of hydrogen-bond donors (Lipinski definition) is 1. The van der Waals surface area contributed by atoms with Crippen molar-refractivity contribution < 1.29 is 9.59 Å². The molecule has 0 saturated carbocycles. The smallest absolute Gasteiger partial charge is 0.245 e. The van der Waals surface area contributed by atoms with Crippen LogP contribution in [-0.2, 0) is 9.59 Å². The maximum atomic E-state index is 14.5. The molecule has 5 aromatic carbocycles. The van der Waals surface area contributed by atoms with Crippen molar-refractivity contribution in [1.82, 2.24) is 29.6 Å². The minimum Gasteiger partial charge on any atom is -0.340 e. The third kappa shape index (κ3) is 8.70. The van der Waals surface area contributed by atoms with E-state index in [0.717, 1.165) is 130 Å². The van der Waals surface area contributed by atoms with Gasteiger partial charge in [0.15, 0.2) is 0 Å². The molecule has 4 fully saturated rings. The zero-order valence-corrected chi connectivity index (χ0v) is 37.4. The molecule has 0 radical (unpaired) electrons. The predicted molar refractivity (Wildman–Crippen MR) is 256 cm³/mol. The third-order valence-electron chi connectivity index (χ3n) is 14.6. The van der Waals surface area contributed by atoms with Gasteiger partial charge in [-0.1, -0.05) is 140 Å². The van der Waals surface area contributed by atoms with Gasteiger partial charge in [-0.2, -0.15) is 0 Å². The van der Waals surface area contributed by atoms with E-state index >= 15 is 0 Å². The van der Waals surface area contributed by atoms with Gasteiger partial charge >= 0.3 is 0 Å². The summed E-state index contributed by atoms with van der Waals surface area (Å²) in [5, 5.41) is 0. The van der Waals surface area contributed by atoms with Crippen LogP contribution in [0, 0.1) is 6.92 Å². The number of H-pyrrole nitrogens is 1. The minimum atomic E-state index is -0.253. The number of rotatable bonds is 11. The molecule has 0 unspecified atom stereocenters. The number of nitrogens with one attached hydrogen (secondary N) is 1. The summed E-state index contributed by atoms with van der Waals surface area (Å²) in [6.07, 6.45) is 12.9. The van der Waals surface area contributed by atoms with E-state index in [1.807, 2.05) is 30.5 Å². The van der Waals surface area contributed by atoms with E-state index in [1.165, 1.54) is 35.1 Å². The van der Waals surface area contributed by atoms with Gasteiger partial charge in [-0.05, 0) is 135 Å². The van der Waals surface area contributed by atoms with Crippen LogP contribution in [0.1, 0.15) is 116 Å². The zero-order valence-electron chi connectivity index (χ0n) is 37.4. The molecule has 0 spiro atoms. The van der Waals surface area contributed by atoms with Gasteiger partial charge in [0.1, 0.15) is 17.9 Å². The Balaban J connectivity index is 0.807. The number of benzene rings is 5. The Bertz CT molecular complexity index is 2510. The lowest BCUT2D eigenvalue weighted by atomic mass is 9.93. The molecular formula is C56H62N6O2. The quantitative estimate of drug-likeness (QED) is 0.141. The molecule has 6 aromatic rings. The number of carbonyl (C=O) groups is 2. The second kappa shape index (κ2) is 19.1. The SMILES string of the molecule is Cc1cc(-c2ccc(-c3ccc(-c4cnc([C@@H]5CCCN5C(=O)[C@@H](c5ccccc5)N5CCCCC5)[nH]4)cc3)cc2)ccc1[C@@H]1CCCN1C(=O)[C@@H](c1ccccc1)N1CCCCC1. The molecule has 1 N–H and O–H groups in total. The summed E-state index contributed by atoms with van der Waals surface area (Å²) in [6.45, 7) is 7.65. The first-order chi connectivity index (χ1) is 31.5. The van der Waals surface area contributed by atoms with Crippen LogP contribution in [0.15, 0.2) is 134 Å². The molecule has 4 aliphatic heterocycles. The lowest BCUT2D eigenvalue weighted by Gasteiger charge is -2.38. The van der Waals surface area contributed by atoms with Gasteiger partial charge in [-0.3, -0.25) is 19.4 Å². The highest BCUT2D eigenvalue weighted by Gasteiger charge is 2.40. The van der Waals surface area contributed by atoms with Crippen LogP contribution < -0.4 is 0 Å². The summed E-state index contributed by atoms with van der Waals surface area (Å²) < 4.78 is 0. The predicted octanol–water partition coefficient (Wildman–Crippen LogP) is 11.5. The van der Waals surface area contributed by atoms with Crippen molar-refractivity contribution >= 4 is 11.8 Å². The second-order valence-electron chi connectivity index (χ2n) is 18.6. The summed E-state index contributed by atoms with van der Waals surface area (Å²) in [5.74, 6) is 1.31. The van der Waals surface area contributed by atoms with Crippen LogP contribution in [0.2, 0.25) is 0 Å². The van der Waals surface area contributed by atoms with Crippen molar-refractivity contribution in [3.8, 4) is 33.5 Å². The molecule has 8 heteroatoms. The van der Waals surface area contributed by atoms with Gasteiger partial charge < -0.3 is 14.8 Å². The number of likely N-dealkylation sites (tertiary alicyclic amines) is 4. The number of amides is 2. The number of carbonyl (C=O) groups excluding carboxylic acids is 2. The lowest BCUT2D eigenvalue weighted by molar-refractivity contribution is -0.139. The first-order valence-corrected chi connectivity index (χ1v) is 24.1. The van der Waals surface area contributed by atoms with E-state index in [1.54, 1.807) is 0 Å². The van der Waals surface area contributed by atoms with Crippen molar-refractivity contribution in [1.29, 1.82) is 0 Å². The van der Waals surface area contributed by atoms with Crippen molar-refractivity contribution in [3.05, 3.63) is 162 Å². The number of hydrogen-bond acceptors (Lipinski definition) is 5. The van der Waals surface area contributed by atoms with E-state index < -0.39 is 0 Å². The first-order valence-electron chi connectivity index (χ1n) is 24.1. The molecule has 5 heterocycles. The molecule has 328 valence electrons. The molecule has 4 atom stereocenters. The van der Waals surface area contributed by atoms with Crippen LogP contribution in [0.3, 0.4) is 0 Å². The molecule has 4 saturated heterocycles. The Morgan fingerprint density at radius 1 is 0.516 bits per heavy atom. The number of imidazole rings is 1. The van der Waals surface area contributed by atoms with E-state index in [4.69, 9.17) is 4.98 Å². The van der Waals surface area contributed by atoms with E-state index in [9.17, 15) is 9.59 Å². The van der Waals surface area contributed by atoms with E-state index in [2.05, 4.69) is 135 Å². The summed E-state index contributed by atoms with van der Waals surface area (Å²) >= 11 is 0. The summed E-state index contributed by atoms with van der Waals surface area (Å²) in [6, 6.07) is 44.7. The number of nitrogens with zero attached hydrogens (tertiary/aromatic N) is 5. The number of aromatic nitrogens is 2. The van der Waals surface area contributed by atoms with Gasteiger partial charge in [0.2, 0.25) is 11.8 Å². The Kier molecular flexibility index (Phi) is 12.6. The normalized spacial score (nSPS) is 20.6. The largest absolute Gasteiger partial charge is 0.340 e. The van der Waals surface area contributed by atoms with Crippen LogP contribution in [0.25, 0.3) is 33.5 Å². The standard InChI is InChI=1S/C56H62N6O2/c1-40-38-47(30-31-48(40)50-20-14-36-61(50)55(63)52(45-16-6-2-7-17-45)59-32-10-4-11-33-59)43-24-22-41(23-25-43)42-26-28-44(29-27-42)49-39-57-54(58-49)51-21-15-37-62(51)56(64)53(46-18-8-3-9-19-46)60-34-12-5-13-35-60/h2-3,6-9,16-19,22-31,38-39,50-53H,4-5,10-15,20-21,32-37H2,1H3,(H,57,58)/t50-,51-,52+,53+/m0/s1. The molecular weight excluding hydrogens is 789 g/mol. The van der Waals surface area contributed by atoms with Crippen molar-refractivity contribution in [3.63, 3.8) is 0 Å². The molecule has 2 amide bonds. The highest BCUT2D eigenvalue weighted by Crippen LogP contribution is 2.40. The summed E-state index contributed by atoms with van der Waals surface area (Å²) in [4.78, 5) is 46.5. The van der Waals surface area contributed by atoms with E-state index in [-0.39, 0.29) is 36.0 Å². The third-order valence-corrected chi connectivity index (χ3v) is 14.6. The molecule has 8 nitrogen and oxygen atoms in total. The van der Waals surface area contributed by atoms with Crippen molar-refractivity contribution in [2.45, 2.75) is 95.3 Å². The monoisotopic (exact) mass is 850 g/mol. The molecule has 0 aliphatic carbocycles. The maximum Gasteiger partial charge on any atom is 0.245 e. The minimum absolute atomic E-state index is 0.0568. The van der Waals surface area contributed by atoms with Crippen LogP contribution >= 0.6 is 0 Å². The van der Waals surface area contributed by atoms with Crippen LogP contribution in [-0.4, -0.2) is 80.7 Å². The molecule has 4 aliphatic rings. The summed E-state index contributed by atoms with van der Waals surface area (Å²) in [7, 11) is 0. The highest BCUT2D eigenvalue weighted by molar-refractivity contribution is 5.85. The average molecular weight is 851 g/mol. The maximum absolute atomic E-state index is 14.5.